The molecule has 0 unspecified atom stereocenters. The molecule has 0 bridgehead atoms. The molecule has 0 saturated carbocycles. The van der Waals surface area contributed by atoms with E-state index in [1.54, 1.807) is 20.3 Å². The Balaban J connectivity index is 1.81. The lowest BCUT2D eigenvalue weighted by Gasteiger charge is -2.12. The van der Waals surface area contributed by atoms with Gasteiger partial charge in [0.1, 0.15) is 17.2 Å². The molecule has 9 heteroatoms. The fraction of sp³-hybridized carbons (Fsp3) is 0.250. The molecule has 0 aliphatic rings. The average molecular weight is 455 g/mol. The van der Waals surface area contributed by atoms with E-state index >= 15 is 0 Å². The van der Waals surface area contributed by atoms with Gasteiger partial charge in [0.15, 0.2) is 12.7 Å². The minimum absolute atomic E-state index is 0.481. The molecule has 0 radical (unpaired) electrons. The molecule has 154 valence electrons. The molecule has 0 aliphatic carbocycles. The number of aromatic amines is 1. The van der Waals surface area contributed by atoms with E-state index in [9.17, 15) is 0 Å². The highest BCUT2D eigenvalue weighted by Gasteiger charge is 2.17. The highest BCUT2D eigenvalue weighted by molar-refractivity contribution is 7.95. The minimum Gasteiger partial charge on any atom is -0.497 e. The van der Waals surface area contributed by atoms with Crippen LogP contribution in [-0.4, -0.2) is 19.3 Å². The van der Waals surface area contributed by atoms with Crippen LogP contribution in [0.1, 0.15) is 11.4 Å². The van der Waals surface area contributed by atoms with Crippen LogP contribution in [0.25, 0.3) is 11.1 Å². The number of nitrogens with one attached hydrogen (secondary N) is 2. The maximum atomic E-state index is 6.49. The fourth-order valence-electron chi connectivity index (χ4n) is 2.87. The molecule has 3 rings (SSSR count). The third-order valence-corrected chi connectivity index (χ3v) is 6.12. The highest BCUT2D eigenvalue weighted by atomic mass is 35.5. The van der Waals surface area contributed by atoms with E-state index in [4.69, 9.17) is 37.0 Å². The largest absolute Gasteiger partial charge is 0.497 e. The summed E-state index contributed by atoms with van der Waals surface area (Å²) >= 11 is 14.1. The van der Waals surface area contributed by atoms with E-state index in [0.717, 1.165) is 40.2 Å². The Morgan fingerprint density at radius 1 is 0.931 bits per heavy atom. The third-order valence-electron chi connectivity index (χ3n) is 4.53. The van der Waals surface area contributed by atoms with Crippen LogP contribution in [0.15, 0.2) is 35.2 Å². The molecule has 0 fully saturated rings. The number of methoxy groups -OCH3 is 2. The normalized spacial score (nSPS) is 10.9. The van der Waals surface area contributed by atoms with Gasteiger partial charge in [0, 0.05) is 13.0 Å². The first-order chi connectivity index (χ1) is 13.8. The second-order valence-corrected chi connectivity index (χ2v) is 7.95. The van der Waals surface area contributed by atoms with Gasteiger partial charge < -0.3 is 9.47 Å². The maximum Gasteiger partial charge on any atom is 0.229 e. The number of rotatable bonds is 7. The molecule has 2 N–H and O–H groups in total. The topological polar surface area (TPSA) is 59.4 Å². The molecule has 1 heterocycles. The Morgan fingerprint density at radius 3 is 1.97 bits per heavy atom. The average Bonchev–Trinajstić information content (AvgIpc) is 2.95. The zero-order valence-corrected chi connectivity index (χ0v) is 19.1. The van der Waals surface area contributed by atoms with Gasteiger partial charge in [-0.15, -0.1) is 4.68 Å². The van der Waals surface area contributed by atoms with Gasteiger partial charge in [0.05, 0.1) is 41.2 Å². The van der Waals surface area contributed by atoms with Crippen molar-refractivity contribution in [3.8, 4) is 22.6 Å². The zero-order chi connectivity index (χ0) is 21.1. The number of hydrogen-bond acceptors (Lipinski definition) is 5. The number of benzene rings is 2. The summed E-state index contributed by atoms with van der Waals surface area (Å²) < 4.78 is 18.2. The monoisotopic (exact) mass is 454 g/mol. The first kappa shape index (κ1) is 21.6. The quantitative estimate of drug-likeness (QED) is 0.280. The van der Waals surface area contributed by atoms with Crippen molar-refractivity contribution < 1.29 is 18.4 Å². The molecule has 29 heavy (non-hydrogen) atoms. The Kier molecular flexibility index (Phi) is 6.85. The van der Waals surface area contributed by atoms with Crippen LogP contribution in [-0.2, 0) is 11.3 Å². The van der Waals surface area contributed by atoms with Crippen molar-refractivity contribution in [1.29, 1.82) is 0 Å². The lowest BCUT2D eigenvalue weighted by atomic mass is 10.1. The first-order valence-corrected chi connectivity index (χ1v) is 10.2. The highest BCUT2D eigenvalue weighted by Crippen LogP contribution is 2.40. The molecule has 0 amide bonds. The van der Waals surface area contributed by atoms with Crippen LogP contribution < -0.4 is 19.6 Å². The van der Waals surface area contributed by atoms with Crippen LogP contribution in [0.2, 0.25) is 10.0 Å². The van der Waals surface area contributed by atoms with Crippen molar-refractivity contribution in [2.45, 2.75) is 18.7 Å². The van der Waals surface area contributed by atoms with Crippen LogP contribution >= 0.6 is 35.2 Å². The number of nitrogens with zero attached hydrogens (tertiary/aromatic N) is 1. The molecule has 2 aromatic carbocycles. The van der Waals surface area contributed by atoms with E-state index in [1.165, 1.54) is 0 Å². The molecule has 0 aliphatic heterocycles. The molecule has 0 atom stereocenters. The van der Waals surface area contributed by atoms with Crippen molar-refractivity contribution in [3.05, 3.63) is 51.8 Å². The van der Waals surface area contributed by atoms with Gasteiger partial charge in [0.25, 0.3) is 0 Å². The Bertz CT molecular complexity index is 995. The third kappa shape index (κ3) is 4.75. The summed E-state index contributed by atoms with van der Waals surface area (Å²) in [4.78, 5) is 0.620. The van der Waals surface area contributed by atoms with E-state index in [0.29, 0.717) is 26.4 Å². The Hall–Kier alpha value is -2.06. The number of aryl methyl sites for hydroxylation is 2. The summed E-state index contributed by atoms with van der Waals surface area (Å²) in [7, 11) is 5.15. The minimum atomic E-state index is 0.481. The SMILES string of the molecule is COc1cc(OC)cc(-c2cc(Cl)c(SONc3c(C)[nH][n+](C)c3C)c(Cl)c2)c1. The van der Waals surface area contributed by atoms with Crippen molar-refractivity contribution in [3.63, 3.8) is 0 Å². The van der Waals surface area contributed by atoms with Crippen LogP contribution in [0, 0.1) is 13.8 Å². The van der Waals surface area contributed by atoms with E-state index in [-0.39, 0.29) is 0 Å². The molecular weight excluding hydrogens is 433 g/mol. The molecule has 1 aromatic heterocycles. The summed E-state index contributed by atoms with van der Waals surface area (Å²) in [5, 5.41) is 4.15. The van der Waals surface area contributed by atoms with Crippen LogP contribution in [0.3, 0.4) is 0 Å². The van der Waals surface area contributed by atoms with Crippen molar-refractivity contribution in [1.82, 2.24) is 5.10 Å². The Labute approximate surface area is 184 Å². The van der Waals surface area contributed by atoms with Crippen molar-refractivity contribution in [2.75, 3.05) is 19.7 Å². The Morgan fingerprint density at radius 2 is 1.48 bits per heavy atom. The molecule has 0 spiro atoms. The predicted molar refractivity (Wildman–Crippen MR) is 117 cm³/mol. The first-order valence-electron chi connectivity index (χ1n) is 8.71. The van der Waals surface area contributed by atoms with Gasteiger partial charge in [-0.1, -0.05) is 23.2 Å². The van der Waals surface area contributed by atoms with Gasteiger partial charge in [-0.2, -0.15) is 9.38 Å². The predicted octanol–water partition coefficient (Wildman–Crippen LogP) is 5.50. The van der Waals surface area contributed by atoms with Crippen LogP contribution in [0.5, 0.6) is 11.5 Å². The molecule has 3 aromatic rings. The number of anilines is 1. The lowest BCUT2D eigenvalue weighted by molar-refractivity contribution is -0.732. The van der Waals surface area contributed by atoms with Crippen LogP contribution in [0.4, 0.5) is 5.69 Å². The summed E-state index contributed by atoms with van der Waals surface area (Å²) in [6.45, 7) is 3.94. The van der Waals surface area contributed by atoms with Gasteiger partial charge in [0.2, 0.25) is 5.69 Å². The number of H-pyrrole nitrogens is 1. The number of aromatic nitrogens is 2. The lowest BCUT2D eigenvalue weighted by Crippen LogP contribution is -2.32. The standard InChI is InChI=1S/C20H21Cl2N3O3S/c1-11-19(12(2)25(3)23-11)24-28-29-20-17(21)8-14(9-18(20)22)13-6-15(26-4)10-16(7-13)27-5/h6-10,24H,1-5H3/p+1. The molecular formula is C20H22Cl2N3O3S+. The number of ether oxygens (including phenoxy) is 2. The second kappa shape index (κ2) is 9.17. The molecule has 0 saturated heterocycles. The van der Waals surface area contributed by atoms with Crippen molar-refractivity contribution in [2.24, 2.45) is 7.05 Å². The van der Waals surface area contributed by atoms with Gasteiger partial charge in [-0.25, -0.2) is 5.48 Å². The second-order valence-electron chi connectivity index (χ2n) is 6.40. The molecule has 6 nitrogen and oxygen atoms in total. The summed E-state index contributed by atoms with van der Waals surface area (Å²) in [5.41, 5.74) is 7.52. The zero-order valence-electron chi connectivity index (χ0n) is 16.7. The van der Waals surface area contributed by atoms with Gasteiger partial charge in [-0.05, 0) is 42.3 Å². The van der Waals surface area contributed by atoms with Gasteiger partial charge >= 0.3 is 0 Å². The number of hydrogen-bond donors (Lipinski definition) is 2. The summed E-state index contributed by atoms with van der Waals surface area (Å²) in [5.74, 6) is 1.37. The van der Waals surface area contributed by atoms with E-state index in [2.05, 4.69) is 10.6 Å². The number of halogens is 2. The summed E-state index contributed by atoms with van der Waals surface area (Å²) in [6, 6.07) is 9.27. The fourth-order valence-corrected chi connectivity index (χ4v) is 4.03. The van der Waals surface area contributed by atoms with E-state index < -0.39 is 0 Å². The van der Waals surface area contributed by atoms with Crippen molar-refractivity contribution >= 4 is 40.9 Å². The smallest absolute Gasteiger partial charge is 0.229 e. The summed E-state index contributed by atoms with van der Waals surface area (Å²) in [6.07, 6.45) is 0. The maximum absolute atomic E-state index is 6.49. The van der Waals surface area contributed by atoms with Gasteiger partial charge in [-0.3, -0.25) is 0 Å². The van der Waals surface area contributed by atoms with E-state index in [1.807, 2.05) is 49.8 Å².